The van der Waals surface area contributed by atoms with Crippen LogP contribution >= 0.6 is 0 Å². The number of amides is 2. The molecule has 1 atom stereocenters. The molecule has 2 rings (SSSR count). The third-order valence-corrected chi connectivity index (χ3v) is 3.50. The highest BCUT2D eigenvalue weighted by Crippen LogP contribution is 2.17. The quantitative estimate of drug-likeness (QED) is 0.879. The normalized spacial score (nSPS) is 17.9. The first-order valence-corrected chi connectivity index (χ1v) is 6.80. The van der Waals surface area contributed by atoms with Crippen LogP contribution in [0.1, 0.15) is 18.4 Å². The van der Waals surface area contributed by atoms with Gasteiger partial charge in [-0.05, 0) is 31.0 Å². The summed E-state index contributed by atoms with van der Waals surface area (Å²) in [6, 6.07) is 8.64. The Morgan fingerprint density at radius 1 is 1.48 bits per heavy atom. The molecule has 0 bridgehead atoms. The SMILES string of the molecule is N#Cc1cccc(OCC(=O)N2CCCC(C(N)=O)C2)c1. The predicted octanol–water partition coefficient (Wildman–Crippen LogP) is 0.661. The van der Waals surface area contributed by atoms with Crippen LogP contribution in [-0.4, -0.2) is 36.4 Å². The fourth-order valence-electron chi connectivity index (χ4n) is 2.33. The second-order valence-electron chi connectivity index (χ2n) is 5.01. The zero-order valence-electron chi connectivity index (χ0n) is 11.6. The van der Waals surface area contributed by atoms with Gasteiger partial charge in [0.05, 0.1) is 17.6 Å². The molecular weight excluding hydrogens is 270 g/mol. The van der Waals surface area contributed by atoms with Gasteiger partial charge in [0.2, 0.25) is 5.91 Å². The van der Waals surface area contributed by atoms with E-state index in [1.165, 1.54) is 0 Å². The molecule has 0 aromatic heterocycles. The molecule has 1 unspecified atom stereocenters. The summed E-state index contributed by atoms with van der Waals surface area (Å²) in [5.74, 6) is -0.339. The summed E-state index contributed by atoms with van der Waals surface area (Å²) in [6.45, 7) is 0.861. The number of ether oxygens (including phenoxy) is 1. The van der Waals surface area contributed by atoms with Crippen LogP contribution < -0.4 is 10.5 Å². The molecule has 1 fully saturated rings. The maximum atomic E-state index is 12.1. The van der Waals surface area contributed by atoms with Crippen LogP contribution in [0, 0.1) is 17.2 Å². The Hall–Kier alpha value is -2.55. The minimum atomic E-state index is -0.366. The number of piperidine rings is 1. The minimum Gasteiger partial charge on any atom is -0.484 e. The molecule has 0 saturated carbocycles. The van der Waals surface area contributed by atoms with Crippen molar-refractivity contribution in [1.29, 1.82) is 5.26 Å². The summed E-state index contributed by atoms with van der Waals surface area (Å²) >= 11 is 0. The summed E-state index contributed by atoms with van der Waals surface area (Å²) in [4.78, 5) is 24.9. The molecule has 1 aromatic rings. The number of nitriles is 1. The molecule has 110 valence electrons. The van der Waals surface area contributed by atoms with Gasteiger partial charge < -0.3 is 15.4 Å². The van der Waals surface area contributed by atoms with Gasteiger partial charge in [-0.2, -0.15) is 5.26 Å². The highest BCUT2D eigenvalue weighted by molar-refractivity contribution is 5.81. The summed E-state index contributed by atoms with van der Waals surface area (Å²) in [7, 11) is 0. The van der Waals surface area contributed by atoms with Gasteiger partial charge in [0.25, 0.3) is 5.91 Å². The Morgan fingerprint density at radius 3 is 3.00 bits per heavy atom. The smallest absolute Gasteiger partial charge is 0.260 e. The van der Waals surface area contributed by atoms with Crippen molar-refractivity contribution in [2.24, 2.45) is 11.7 Å². The fourth-order valence-corrected chi connectivity index (χ4v) is 2.33. The monoisotopic (exact) mass is 287 g/mol. The number of hydrogen-bond donors (Lipinski definition) is 1. The standard InChI is InChI=1S/C15H17N3O3/c16-8-11-3-1-5-13(7-11)21-10-14(19)18-6-2-4-12(9-18)15(17)20/h1,3,5,7,12H,2,4,6,9-10H2,(H2,17,20). The van der Waals surface area contributed by atoms with Gasteiger partial charge >= 0.3 is 0 Å². The van der Waals surface area contributed by atoms with Crippen molar-refractivity contribution in [3.63, 3.8) is 0 Å². The van der Waals surface area contributed by atoms with E-state index in [1.807, 2.05) is 6.07 Å². The number of benzene rings is 1. The van der Waals surface area contributed by atoms with Crippen molar-refractivity contribution < 1.29 is 14.3 Å². The van der Waals surface area contributed by atoms with Crippen molar-refractivity contribution in [2.75, 3.05) is 19.7 Å². The van der Waals surface area contributed by atoms with Crippen LogP contribution in [-0.2, 0) is 9.59 Å². The first-order chi connectivity index (χ1) is 10.1. The van der Waals surface area contributed by atoms with E-state index >= 15 is 0 Å². The molecule has 0 radical (unpaired) electrons. The third-order valence-electron chi connectivity index (χ3n) is 3.50. The highest BCUT2D eigenvalue weighted by Gasteiger charge is 2.26. The first-order valence-electron chi connectivity index (χ1n) is 6.80. The maximum absolute atomic E-state index is 12.1. The number of likely N-dealkylation sites (tertiary alicyclic amines) is 1. The molecule has 2 amide bonds. The molecule has 0 spiro atoms. The lowest BCUT2D eigenvalue weighted by molar-refractivity contribution is -0.136. The molecular formula is C15H17N3O3. The van der Waals surface area contributed by atoms with E-state index in [0.717, 1.165) is 12.8 Å². The largest absolute Gasteiger partial charge is 0.484 e. The topological polar surface area (TPSA) is 96.4 Å². The van der Waals surface area contributed by atoms with Crippen LogP contribution in [0.15, 0.2) is 24.3 Å². The van der Waals surface area contributed by atoms with E-state index < -0.39 is 0 Å². The molecule has 1 aromatic carbocycles. The van der Waals surface area contributed by atoms with E-state index in [9.17, 15) is 9.59 Å². The minimum absolute atomic E-state index is 0.111. The van der Waals surface area contributed by atoms with Gasteiger partial charge in [0.15, 0.2) is 6.61 Å². The lowest BCUT2D eigenvalue weighted by Gasteiger charge is -2.31. The van der Waals surface area contributed by atoms with E-state index in [2.05, 4.69) is 0 Å². The molecule has 2 N–H and O–H groups in total. The number of rotatable bonds is 4. The Morgan fingerprint density at radius 2 is 2.29 bits per heavy atom. The van der Waals surface area contributed by atoms with E-state index in [1.54, 1.807) is 29.2 Å². The Bertz CT molecular complexity index is 580. The first kappa shape index (κ1) is 14.9. The van der Waals surface area contributed by atoms with Gasteiger partial charge in [-0.15, -0.1) is 0 Å². The van der Waals surface area contributed by atoms with Crippen molar-refractivity contribution in [3.05, 3.63) is 29.8 Å². The summed E-state index contributed by atoms with van der Waals surface area (Å²) < 4.78 is 5.40. The van der Waals surface area contributed by atoms with Crippen molar-refractivity contribution in [1.82, 2.24) is 4.90 Å². The highest BCUT2D eigenvalue weighted by atomic mass is 16.5. The molecule has 6 nitrogen and oxygen atoms in total. The molecule has 1 heterocycles. The Balaban J connectivity index is 1.89. The number of hydrogen-bond acceptors (Lipinski definition) is 4. The molecule has 1 saturated heterocycles. The van der Waals surface area contributed by atoms with E-state index in [0.29, 0.717) is 24.4 Å². The van der Waals surface area contributed by atoms with Gasteiger partial charge in [0.1, 0.15) is 5.75 Å². The maximum Gasteiger partial charge on any atom is 0.260 e. The third kappa shape index (κ3) is 3.96. The van der Waals surface area contributed by atoms with Crippen LogP contribution in [0.4, 0.5) is 0 Å². The zero-order chi connectivity index (χ0) is 15.2. The van der Waals surface area contributed by atoms with Crippen LogP contribution in [0.3, 0.4) is 0 Å². The fraction of sp³-hybridized carbons (Fsp3) is 0.400. The number of carbonyl (C=O) groups excluding carboxylic acids is 2. The summed E-state index contributed by atoms with van der Waals surface area (Å²) in [5, 5.41) is 8.80. The number of primary amides is 1. The average Bonchev–Trinajstić information content (AvgIpc) is 2.53. The second kappa shape index (κ2) is 6.75. The van der Waals surface area contributed by atoms with Crippen molar-refractivity contribution in [3.8, 4) is 11.8 Å². The van der Waals surface area contributed by atoms with Gasteiger partial charge in [-0.1, -0.05) is 6.07 Å². The molecule has 6 heteroatoms. The number of nitrogens with two attached hydrogens (primary N) is 1. The van der Waals surface area contributed by atoms with Crippen molar-refractivity contribution >= 4 is 11.8 Å². The zero-order valence-corrected chi connectivity index (χ0v) is 11.6. The average molecular weight is 287 g/mol. The molecule has 1 aliphatic heterocycles. The lowest BCUT2D eigenvalue weighted by atomic mass is 9.97. The number of carbonyl (C=O) groups is 2. The molecule has 0 aliphatic carbocycles. The second-order valence-corrected chi connectivity index (χ2v) is 5.01. The van der Waals surface area contributed by atoms with Crippen LogP contribution in [0.2, 0.25) is 0 Å². The van der Waals surface area contributed by atoms with Gasteiger partial charge in [-0.3, -0.25) is 9.59 Å². The van der Waals surface area contributed by atoms with Crippen LogP contribution in [0.25, 0.3) is 0 Å². The molecule has 1 aliphatic rings. The number of nitrogens with zero attached hydrogens (tertiary/aromatic N) is 2. The Kier molecular flexibility index (Phi) is 4.77. The Labute approximate surface area is 123 Å². The van der Waals surface area contributed by atoms with Crippen molar-refractivity contribution in [2.45, 2.75) is 12.8 Å². The van der Waals surface area contributed by atoms with Gasteiger partial charge in [0, 0.05) is 13.1 Å². The summed E-state index contributed by atoms with van der Waals surface area (Å²) in [5.41, 5.74) is 5.77. The van der Waals surface area contributed by atoms with Gasteiger partial charge in [-0.25, -0.2) is 0 Å². The lowest BCUT2D eigenvalue weighted by Crippen LogP contribution is -2.45. The van der Waals surface area contributed by atoms with E-state index in [-0.39, 0.29) is 24.3 Å². The predicted molar refractivity (Wildman–Crippen MR) is 75.2 cm³/mol. The summed E-state index contributed by atoms with van der Waals surface area (Å²) in [6.07, 6.45) is 1.49. The van der Waals surface area contributed by atoms with Crippen LogP contribution in [0.5, 0.6) is 5.75 Å². The van der Waals surface area contributed by atoms with E-state index in [4.69, 9.17) is 15.7 Å². The molecule has 21 heavy (non-hydrogen) atoms.